The molecule has 1 aromatic carbocycles. The van der Waals surface area contributed by atoms with Crippen LogP contribution in [-0.4, -0.2) is 23.2 Å². The van der Waals surface area contributed by atoms with Gasteiger partial charge in [-0.3, -0.25) is 10.1 Å². The van der Waals surface area contributed by atoms with Gasteiger partial charge in [0.05, 0.1) is 16.1 Å². The number of rotatable bonds is 9. The first-order chi connectivity index (χ1) is 13.0. The quantitative estimate of drug-likeness (QED) is 0.212. The van der Waals surface area contributed by atoms with Gasteiger partial charge in [-0.25, -0.2) is 0 Å². The van der Waals surface area contributed by atoms with Crippen molar-refractivity contribution in [1.29, 1.82) is 0 Å². The third-order valence-electron chi connectivity index (χ3n) is 6.13. The number of nitrogen functional groups attached to an aromatic ring is 1. The summed E-state index contributed by atoms with van der Waals surface area (Å²) in [5.41, 5.74) is 6.91. The summed E-state index contributed by atoms with van der Waals surface area (Å²) in [7, 11) is -0.579. The van der Waals surface area contributed by atoms with Gasteiger partial charge in [0.25, 0.3) is 5.69 Å². The molecule has 0 spiro atoms. The largest absolute Gasteiger partial charge is 0.494 e. The Kier molecular flexibility index (Phi) is 7.15. The lowest BCUT2D eigenvalue weighted by molar-refractivity contribution is -0.384. The number of benzene rings is 1. The lowest BCUT2D eigenvalue weighted by Gasteiger charge is -2.32. The maximum Gasteiger partial charge on any atom is 0.494 e. The maximum atomic E-state index is 11.8. The number of hydrogen-bond acceptors (Lipinski definition) is 5. The Labute approximate surface area is 169 Å². The zero-order valence-electron chi connectivity index (χ0n) is 18.2. The van der Waals surface area contributed by atoms with E-state index in [1.54, 1.807) is 6.07 Å². The fourth-order valence-corrected chi connectivity index (χ4v) is 3.79. The molecule has 2 rings (SSSR count). The fourth-order valence-electron chi connectivity index (χ4n) is 3.79. The molecule has 0 radical (unpaired) electrons. The highest BCUT2D eigenvalue weighted by atomic mass is 16.7. The molecule has 1 fully saturated rings. The van der Waals surface area contributed by atoms with E-state index < -0.39 is 18.3 Å². The lowest BCUT2D eigenvalue weighted by atomic mass is 9.75. The molecule has 28 heavy (non-hydrogen) atoms. The second kappa shape index (κ2) is 8.83. The van der Waals surface area contributed by atoms with Crippen LogP contribution in [0.3, 0.4) is 0 Å². The molecule has 7 heteroatoms. The molecule has 6 nitrogen and oxygen atoms in total. The van der Waals surface area contributed by atoms with Crippen LogP contribution in [-0.2, 0) is 9.31 Å². The predicted octanol–water partition coefficient (Wildman–Crippen LogP) is 4.94. The highest BCUT2D eigenvalue weighted by Crippen LogP contribution is 2.39. The summed E-state index contributed by atoms with van der Waals surface area (Å²) in [5, 5.41) is 11.8. The van der Waals surface area contributed by atoms with Crippen LogP contribution in [0, 0.1) is 10.1 Å². The average Bonchev–Trinajstić information content (AvgIpc) is 2.81. The minimum absolute atomic E-state index is 0.0372. The summed E-state index contributed by atoms with van der Waals surface area (Å²) in [4.78, 5) is 11.4. The van der Waals surface area contributed by atoms with Crippen molar-refractivity contribution >= 4 is 24.0 Å². The molecular weight excluding hydrogens is 355 g/mol. The van der Waals surface area contributed by atoms with E-state index in [4.69, 9.17) is 15.0 Å². The van der Waals surface area contributed by atoms with Crippen molar-refractivity contribution in [3.63, 3.8) is 0 Å². The van der Waals surface area contributed by atoms with Gasteiger partial charge in [0.15, 0.2) is 0 Å². The molecule has 1 saturated heterocycles. The Morgan fingerprint density at radius 1 is 1.07 bits per heavy atom. The third kappa shape index (κ3) is 4.69. The summed E-state index contributed by atoms with van der Waals surface area (Å²) < 4.78 is 12.3. The van der Waals surface area contributed by atoms with Gasteiger partial charge in [0.1, 0.15) is 5.69 Å². The molecule has 0 aromatic heterocycles. The van der Waals surface area contributed by atoms with Gasteiger partial charge in [-0.05, 0) is 58.0 Å². The molecule has 1 aliphatic heterocycles. The standard InChI is InChI=1S/C21H35BN2O4/c1-7-9-10-12-15(11-8-2)17-13-16(14-18(23)19(17)24(25)26)22-27-20(3,4)21(5,6)28-22/h13-15H,7-12,23H2,1-6H3. The molecule has 1 heterocycles. The van der Waals surface area contributed by atoms with Crippen LogP contribution >= 0.6 is 0 Å². The second-order valence-corrected chi connectivity index (χ2v) is 8.87. The third-order valence-corrected chi connectivity index (χ3v) is 6.13. The topological polar surface area (TPSA) is 87.6 Å². The molecule has 2 N–H and O–H groups in total. The Morgan fingerprint density at radius 2 is 1.68 bits per heavy atom. The van der Waals surface area contributed by atoms with Crippen molar-refractivity contribution in [2.24, 2.45) is 0 Å². The average molecular weight is 390 g/mol. The molecule has 156 valence electrons. The number of hydrogen-bond donors (Lipinski definition) is 1. The van der Waals surface area contributed by atoms with Crippen LogP contribution in [0.5, 0.6) is 0 Å². The summed E-state index contributed by atoms with van der Waals surface area (Å²) in [6, 6.07) is 3.53. The summed E-state index contributed by atoms with van der Waals surface area (Å²) in [6.45, 7) is 12.2. The summed E-state index contributed by atoms with van der Waals surface area (Å²) in [5.74, 6) is 0.113. The number of nitro benzene ring substituents is 1. The minimum Gasteiger partial charge on any atom is -0.399 e. The first kappa shape index (κ1) is 22.7. The van der Waals surface area contributed by atoms with Crippen LogP contribution in [0.15, 0.2) is 12.1 Å². The van der Waals surface area contributed by atoms with Crippen molar-refractivity contribution in [3.8, 4) is 0 Å². The summed E-state index contributed by atoms with van der Waals surface area (Å²) in [6.07, 6.45) is 6.09. The Morgan fingerprint density at radius 3 is 2.18 bits per heavy atom. The van der Waals surface area contributed by atoms with Gasteiger partial charge < -0.3 is 15.0 Å². The van der Waals surface area contributed by atoms with Crippen molar-refractivity contribution in [2.45, 2.75) is 97.2 Å². The van der Waals surface area contributed by atoms with Crippen molar-refractivity contribution in [1.82, 2.24) is 0 Å². The number of nitro groups is 1. The zero-order chi connectivity index (χ0) is 21.1. The Hall–Kier alpha value is -1.60. The lowest BCUT2D eigenvalue weighted by Crippen LogP contribution is -2.41. The molecule has 1 aromatic rings. The van der Waals surface area contributed by atoms with Gasteiger partial charge in [-0.1, -0.05) is 45.6 Å². The second-order valence-electron chi connectivity index (χ2n) is 8.87. The summed E-state index contributed by atoms with van der Waals surface area (Å²) >= 11 is 0. The Balaban J connectivity index is 2.47. The first-order valence-electron chi connectivity index (χ1n) is 10.5. The van der Waals surface area contributed by atoms with Gasteiger partial charge in [-0.2, -0.15) is 0 Å². The Bertz CT molecular complexity index is 690. The van der Waals surface area contributed by atoms with E-state index >= 15 is 0 Å². The van der Waals surface area contributed by atoms with Crippen LogP contribution < -0.4 is 11.2 Å². The van der Waals surface area contributed by atoms with Crippen molar-refractivity contribution in [3.05, 3.63) is 27.8 Å². The smallest absolute Gasteiger partial charge is 0.399 e. The van der Waals surface area contributed by atoms with E-state index in [0.717, 1.165) is 44.0 Å². The first-order valence-corrected chi connectivity index (χ1v) is 10.5. The highest BCUT2D eigenvalue weighted by Gasteiger charge is 2.52. The molecule has 1 atom stereocenters. The fraction of sp³-hybridized carbons (Fsp3) is 0.714. The van der Waals surface area contributed by atoms with Gasteiger partial charge in [-0.15, -0.1) is 0 Å². The van der Waals surface area contributed by atoms with Crippen LogP contribution in [0.25, 0.3) is 0 Å². The zero-order valence-corrected chi connectivity index (χ0v) is 18.2. The van der Waals surface area contributed by atoms with E-state index in [2.05, 4.69) is 13.8 Å². The van der Waals surface area contributed by atoms with Crippen LogP contribution in [0.2, 0.25) is 0 Å². The normalized spacial score (nSPS) is 19.0. The van der Waals surface area contributed by atoms with E-state index in [1.807, 2.05) is 33.8 Å². The van der Waals surface area contributed by atoms with Crippen molar-refractivity contribution in [2.75, 3.05) is 5.73 Å². The molecular formula is C21H35BN2O4. The monoisotopic (exact) mass is 390 g/mol. The number of anilines is 1. The maximum absolute atomic E-state index is 11.8. The molecule has 0 saturated carbocycles. The van der Waals surface area contributed by atoms with Crippen LogP contribution in [0.1, 0.15) is 91.5 Å². The molecule has 1 unspecified atom stereocenters. The molecule has 0 bridgehead atoms. The molecule has 0 aliphatic carbocycles. The number of nitrogens with zero attached hydrogens (tertiary/aromatic N) is 1. The van der Waals surface area contributed by atoms with Gasteiger partial charge in [0.2, 0.25) is 0 Å². The SMILES string of the molecule is CCCCCC(CCC)c1cc(B2OC(C)(C)C(C)(C)O2)cc(N)c1[N+](=O)[O-]. The highest BCUT2D eigenvalue weighted by molar-refractivity contribution is 6.62. The van der Waals surface area contributed by atoms with Crippen molar-refractivity contribution < 1.29 is 14.2 Å². The van der Waals surface area contributed by atoms with Gasteiger partial charge >= 0.3 is 7.12 Å². The van der Waals surface area contributed by atoms with E-state index in [-0.39, 0.29) is 22.2 Å². The van der Waals surface area contributed by atoms with E-state index in [9.17, 15) is 10.1 Å². The number of unbranched alkanes of at least 4 members (excludes halogenated alkanes) is 2. The molecule has 0 amide bonds. The predicted molar refractivity (Wildman–Crippen MR) is 115 cm³/mol. The van der Waals surface area contributed by atoms with E-state index in [0.29, 0.717) is 5.56 Å². The minimum atomic E-state index is -0.579. The molecule has 1 aliphatic rings. The number of nitrogens with two attached hydrogens (primary N) is 1. The van der Waals surface area contributed by atoms with Gasteiger partial charge in [0, 0.05) is 5.56 Å². The van der Waals surface area contributed by atoms with Crippen LogP contribution in [0.4, 0.5) is 11.4 Å². The van der Waals surface area contributed by atoms with E-state index in [1.165, 1.54) is 0 Å².